The number of nitrogens with one attached hydrogen (secondary N) is 2. The monoisotopic (exact) mass is 426 g/mol. The number of hydrogen-bond acceptors (Lipinski definition) is 7. The highest BCUT2D eigenvalue weighted by Crippen LogP contribution is 2.28. The molecule has 140 valence electrons. The van der Waals surface area contributed by atoms with Gasteiger partial charge in [0.25, 0.3) is 5.91 Å². The third-order valence-corrected chi connectivity index (χ3v) is 6.10. The quantitative estimate of drug-likeness (QED) is 0.465. The number of carbonyl (C=O) groups is 2. The number of nitrogens with zero attached hydrogens (tertiary/aromatic N) is 2. The molecule has 3 aromatic heterocycles. The molecule has 0 aliphatic rings. The van der Waals surface area contributed by atoms with Crippen LogP contribution in [0.5, 0.6) is 0 Å². The molecule has 0 radical (unpaired) electrons. The summed E-state index contributed by atoms with van der Waals surface area (Å²) in [5.74, 6) is -0.528. The van der Waals surface area contributed by atoms with Crippen LogP contribution in [0.4, 0.5) is 10.3 Å². The molecule has 2 N–H and O–H groups in total. The molecule has 0 saturated carbocycles. The number of carbonyl (C=O) groups excluding carboxylic acids is 2. The van der Waals surface area contributed by atoms with E-state index in [2.05, 4.69) is 20.6 Å². The first-order valence-electron chi connectivity index (χ1n) is 8.27. The molecule has 0 aliphatic heterocycles. The molecule has 0 bridgehead atoms. The predicted molar refractivity (Wildman–Crippen MR) is 114 cm³/mol. The summed E-state index contributed by atoms with van der Waals surface area (Å²) in [6, 6.07) is 13.4. The van der Waals surface area contributed by atoms with Gasteiger partial charge in [-0.1, -0.05) is 36.4 Å². The minimum atomic E-state index is -0.355. The lowest BCUT2D eigenvalue weighted by molar-refractivity contribution is -0.115. The third kappa shape index (κ3) is 4.50. The van der Waals surface area contributed by atoms with Crippen molar-refractivity contribution in [1.82, 2.24) is 9.97 Å². The van der Waals surface area contributed by atoms with Crippen LogP contribution >= 0.6 is 34.0 Å². The van der Waals surface area contributed by atoms with Gasteiger partial charge in [0.1, 0.15) is 5.69 Å². The molecule has 0 saturated heterocycles. The summed E-state index contributed by atoms with van der Waals surface area (Å²) < 4.78 is 0. The molecule has 0 aliphatic carbocycles. The Bertz CT molecular complexity index is 1090. The summed E-state index contributed by atoms with van der Waals surface area (Å²) in [7, 11) is 0. The van der Waals surface area contributed by atoms with Crippen LogP contribution in [0.25, 0.3) is 10.6 Å². The Morgan fingerprint density at radius 1 is 0.857 bits per heavy atom. The van der Waals surface area contributed by atoms with E-state index in [-0.39, 0.29) is 23.9 Å². The fraction of sp³-hybridized carbons (Fsp3) is 0.0526. The van der Waals surface area contributed by atoms with E-state index in [1.165, 1.54) is 22.7 Å². The molecule has 6 nitrogen and oxygen atoms in total. The summed E-state index contributed by atoms with van der Waals surface area (Å²) in [6.07, 6.45) is 0.257. The molecule has 9 heteroatoms. The van der Waals surface area contributed by atoms with Gasteiger partial charge in [0.05, 0.1) is 17.0 Å². The van der Waals surface area contributed by atoms with Crippen molar-refractivity contribution in [2.75, 3.05) is 10.6 Å². The SMILES string of the molecule is O=C(Cc1ccccc1)Nc1nc(C(=O)Nc2nc(-c3cccs3)cs2)cs1. The van der Waals surface area contributed by atoms with Crippen LogP contribution in [-0.2, 0) is 11.2 Å². The smallest absolute Gasteiger partial charge is 0.276 e. The maximum Gasteiger partial charge on any atom is 0.276 e. The lowest BCUT2D eigenvalue weighted by Crippen LogP contribution is -2.15. The molecule has 28 heavy (non-hydrogen) atoms. The third-order valence-electron chi connectivity index (χ3n) is 3.69. The van der Waals surface area contributed by atoms with Gasteiger partial charge in [-0.25, -0.2) is 9.97 Å². The molecule has 0 fully saturated rings. The van der Waals surface area contributed by atoms with E-state index in [0.717, 1.165) is 16.1 Å². The molecular formula is C19H14N4O2S3. The van der Waals surface area contributed by atoms with Crippen molar-refractivity contribution < 1.29 is 9.59 Å². The van der Waals surface area contributed by atoms with E-state index in [4.69, 9.17) is 0 Å². The molecule has 3 heterocycles. The lowest BCUT2D eigenvalue weighted by atomic mass is 10.1. The molecular weight excluding hydrogens is 412 g/mol. The number of benzene rings is 1. The number of thiazole rings is 2. The topological polar surface area (TPSA) is 84.0 Å². The summed E-state index contributed by atoms with van der Waals surface area (Å²) >= 11 is 4.16. The first-order chi connectivity index (χ1) is 13.7. The highest BCUT2D eigenvalue weighted by atomic mass is 32.1. The number of thiophene rings is 1. The number of hydrogen-bond donors (Lipinski definition) is 2. The highest BCUT2D eigenvalue weighted by Gasteiger charge is 2.15. The average Bonchev–Trinajstić information content (AvgIpc) is 3.44. The van der Waals surface area contributed by atoms with Crippen molar-refractivity contribution in [2.24, 2.45) is 0 Å². The molecule has 4 aromatic rings. The van der Waals surface area contributed by atoms with E-state index >= 15 is 0 Å². The second-order valence-electron chi connectivity index (χ2n) is 5.72. The summed E-state index contributed by atoms with van der Waals surface area (Å²) in [6.45, 7) is 0. The number of anilines is 2. The van der Waals surface area contributed by atoms with Crippen molar-refractivity contribution in [3.05, 3.63) is 69.9 Å². The zero-order valence-electron chi connectivity index (χ0n) is 14.4. The van der Waals surface area contributed by atoms with Crippen LogP contribution in [0.1, 0.15) is 16.1 Å². The van der Waals surface area contributed by atoms with Gasteiger partial charge in [0, 0.05) is 10.8 Å². The minimum Gasteiger partial charge on any atom is -0.302 e. The maximum atomic E-state index is 12.4. The van der Waals surface area contributed by atoms with Crippen molar-refractivity contribution >= 4 is 56.1 Å². The van der Waals surface area contributed by atoms with Crippen molar-refractivity contribution in [3.8, 4) is 10.6 Å². The van der Waals surface area contributed by atoms with Crippen LogP contribution in [0.2, 0.25) is 0 Å². The van der Waals surface area contributed by atoms with E-state index in [1.54, 1.807) is 16.7 Å². The number of amides is 2. The Hall–Kier alpha value is -2.88. The van der Waals surface area contributed by atoms with Gasteiger partial charge < -0.3 is 5.32 Å². The summed E-state index contributed by atoms with van der Waals surface area (Å²) in [4.78, 5) is 34.2. The van der Waals surface area contributed by atoms with Crippen molar-refractivity contribution in [3.63, 3.8) is 0 Å². The van der Waals surface area contributed by atoms with Crippen LogP contribution in [-0.4, -0.2) is 21.8 Å². The molecule has 0 atom stereocenters. The molecule has 0 unspecified atom stereocenters. The van der Waals surface area contributed by atoms with Crippen molar-refractivity contribution in [2.45, 2.75) is 6.42 Å². The fourth-order valence-corrected chi connectivity index (χ4v) is 4.58. The van der Waals surface area contributed by atoms with Gasteiger partial charge in [-0.05, 0) is 17.0 Å². The van der Waals surface area contributed by atoms with Gasteiger partial charge in [0.2, 0.25) is 5.91 Å². The summed E-state index contributed by atoms with van der Waals surface area (Å²) in [5, 5.41) is 11.9. The van der Waals surface area contributed by atoms with Gasteiger partial charge in [0.15, 0.2) is 10.3 Å². The zero-order valence-corrected chi connectivity index (χ0v) is 16.9. The molecule has 4 rings (SSSR count). The fourth-order valence-electron chi connectivity index (χ4n) is 2.41. The van der Waals surface area contributed by atoms with E-state index in [9.17, 15) is 9.59 Å². The van der Waals surface area contributed by atoms with Crippen LogP contribution in [0.15, 0.2) is 58.6 Å². The van der Waals surface area contributed by atoms with Crippen LogP contribution < -0.4 is 10.6 Å². The standard InChI is InChI=1S/C19H14N4O2S3/c24-16(9-12-5-2-1-3-6-12)22-18-21-14(11-28-18)17(25)23-19-20-13(10-27-19)15-7-4-8-26-15/h1-8,10-11H,9H2,(H,20,23,25)(H,21,22,24). The lowest BCUT2D eigenvalue weighted by Gasteiger charge is -2.01. The van der Waals surface area contributed by atoms with Gasteiger partial charge >= 0.3 is 0 Å². The molecule has 0 spiro atoms. The normalized spacial score (nSPS) is 10.6. The Morgan fingerprint density at radius 3 is 2.43 bits per heavy atom. The predicted octanol–water partition coefficient (Wildman–Crippen LogP) is 4.76. The van der Waals surface area contributed by atoms with Gasteiger partial charge in [-0.3, -0.25) is 14.9 Å². The largest absolute Gasteiger partial charge is 0.302 e. The van der Waals surface area contributed by atoms with Crippen LogP contribution in [0.3, 0.4) is 0 Å². The molecule has 1 aromatic carbocycles. The first kappa shape index (κ1) is 18.5. The molecule has 2 amide bonds. The van der Waals surface area contributed by atoms with E-state index in [0.29, 0.717) is 10.3 Å². The van der Waals surface area contributed by atoms with E-state index < -0.39 is 0 Å². The maximum absolute atomic E-state index is 12.4. The first-order valence-corrected chi connectivity index (χ1v) is 10.9. The second-order valence-corrected chi connectivity index (χ2v) is 8.38. The van der Waals surface area contributed by atoms with Crippen molar-refractivity contribution in [1.29, 1.82) is 0 Å². The van der Waals surface area contributed by atoms with Gasteiger partial charge in [-0.15, -0.1) is 34.0 Å². The summed E-state index contributed by atoms with van der Waals surface area (Å²) in [5.41, 5.74) is 2.00. The van der Waals surface area contributed by atoms with Crippen LogP contribution in [0, 0.1) is 0 Å². The van der Waals surface area contributed by atoms with Gasteiger partial charge in [-0.2, -0.15) is 0 Å². The zero-order chi connectivity index (χ0) is 19.3. The number of rotatable bonds is 6. The Kier molecular flexibility index (Phi) is 5.56. The Morgan fingerprint density at radius 2 is 1.64 bits per heavy atom. The Labute approximate surface area is 172 Å². The highest BCUT2D eigenvalue weighted by molar-refractivity contribution is 7.16. The van der Waals surface area contributed by atoms with E-state index in [1.807, 2.05) is 53.2 Å². The average molecular weight is 427 g/mol. The number of aromatic nitrogens is 2. The second kappa shape index (κ2) is 8.42. The Balaban J connectivity index is 1.36. The minimum absolute atomic E-state index is 0.173.